The molecule has 0 saturated heterocycles. The predicted molar refractivity (Wildman–Crippen MR) is 123 cm³/mol. The van der Waals surface area contributed by atoms with E-state index < -0.39 is 17.9 Å². The van der Waals surface area contributed by atoms with Crippen molar-refractivity contribution in [1.82, 2.24) is 24.9 Å². The number of hydrogen-bond donors (Lipinski definition) is 5. The molecule has 0 aromatic carbocycles. The number of pyridine rings is 1. The lowest BCUT2D eigenvalue weighted by Gasteiger charge is -2.29. The van der Waals surface area contributed by atoms with E-state index in [4.69, 9.17) is 5.11 Å². The van der Waals surface area contributed by atoms with Gasteiger partial charge in [-0.15, -0.1) is 5.10 Å². The van der Waals surface area contributed by atoms with E-state index in [1.54, 1.807) is 0 Å². The van der Waals surface area contributed by atoms with Gasteiger partial charge < -0.3 is 26.4 Å². The van der Waals surface area contributed by atoms with Gasteiger partial charge in [-0.3, -0.25) is 4.79 Å². The summed E-state index contributed by atoms with van der Waals surface area (Å²) < 4.78 is 14.9. The van der Waals surface area contributed by atoms with Crippen LogP contribution in [0.3, 0.4) is 0 Å². The summed E-state index contributed by atoms with van der Waals surface area (Å²) in [6.45, 7) is 0. The largest absolute Gasteiger partial charge is 0.465 e. The molecule has 3 aromatic rings. The van der Waals surface area contributed by atoms with E-state index in [0.29, 0.717) is 17.5 Å². The predicted octanol–water partition coefficient (Wildman–Crippen LogP) is 3.08. The van der Waals surface area contributed by atoms with Crippen molar-refractivity contribution >= 4 is 34.8 Å². The summed E-state index contributed by atoms with van der Waals surface area (Å²) in [5.74, 6) is -0.572. The van der Waals surface area contributed by atoms with E-state index in [2.05, 4.69) is 36.3 Å². The zero-order chi connectivity index (χ0) is 23.7. The maximum atomic E-state index is 13.4. The molecule has 3 aromatic heterocycles. The van der Waals surface area contributed by atoms with Gasteiger partial charge in [0.15, 0.2) is 11.3 Å². The molecule has 0 atom stereocenters. The average molecular weight is 468 g/mol. The highest BCUT2D eigenvalue weighted by molar-refractivity contribution is 6.03. The SMILES string of the molecule is O=C(O)NC1CCC(Nc2cc(NC3CC3)c3ncc(C(=O)Nc4ccnc(F)c4)n3n2)CC1. The first kappa shape index (κ1) is 21.9. The van der Waals surface area contributed by atoms with Crippen LogP contribution in [0.5, 0.6) is 0 Å². The standard InChI is InChI=1S/C22H25FN8O3/c23-18-9-15(7-8-24-18)28-21(32)17-11-25-20-16(26-12-1-2-12)10-19(30-31(17)20)27-13-3-5-14(6-4-13)29-22(33)34/h7-14,26,29H,1-6H2,(H,27,30)(H,33,34)(H,24,28,32). The Hall–Kier alpha value is -3.96. The molecule has 2 saturated carbocycles. The van der Waals surface area contributed by atoms with Gasteiger partial charge >= 0.3 is 6.09 Å². The van der Waals surface area contributed by atoms with Crippen LogP contribution in [0.4, 0.5) is 26.4 Å². The van der Waals surface area contributed by atoms with Crippen molar-refractivity contribution in [3.05, 3.63) is 42.2 Å². The molecule has 0 aliphatic heterocycles. The number of hydrogen-bond acceptors (Lipinski definition) is 7. The molecule has 12 heteroatoms. The molecule has 2 amide bonds. The van der Waals surface area contributed by atoms with Crippen molar-refractivity contribution in [3.8, 4) is 0 Å². The van der Waals surface area contributed by atoms with Crippen molar-refractivity contribution in [2.45, 2.75) is 56.7 Å². The van der Waals surface area contributed by atoms with Gasteiger partial charge in [0.25, 0.3) is 5.91 Å². The highest BCUT2D eigenvalue weighted by Gasteiger charge is 2.26. The van der Waals surface area contributed by atoms with Crippen LogP contribution < -0.4 is 21.3 Å². The summed E-state index contributed by atoms with van der Waals surface area (Å²) in [6, 6.07) is 4.98. The van der Waals surface area contributed by atoms with Crippen LogP contribution in [0, 0.1) is 5.95 Å². The van der Waals surface area contributed by atoms with Crippen LogP contribution in [0.15, 0.2) is 30.6 Å². The fourth-order valence-electron chi connectivity index (χ4n) is 4.19. The van der Waals surface area contributed by atoms with Crippen LogP contribution in [-0.2, 0) is 0 Å². The lowest BCUT2D eigenvalue weighted by atomic mass is 9.91. The Bertz CT molecular complexity index is 1220. The van der Waals surface area contributed by atoms with Crippen LogP contribution in [0.25, 0.3) is 5.65 Å². The molecule has 0 radical (unpaired) electrons. The smallest absolute Gasteiger partial charge is 0.404 e. The maximum Gasteiger partial charge on any atom is 0.404 e. The number of carbonyl (C=O) groups excluding carboxylic acids is 1. The van der Waals surface area contributed by atoms with Gasteiger partial charge in [0.1, 0.15) is 5.82 Å². The molecule has 0 spiro atoms. The number of imidazole rings is 1. The number of aromatic nitrogens is 4. The number of amides is 2. The molecule has 5 N–H and O–H groups in total. The lowest BCUT2D eigenvalue weighted by molar-refractivity contribution is 0.102. The Morgan fingerprint density at radius 2 is 1.71 bits per heavy atom. The number of nitrogens with one attached hydrogen (secondary N) is 4. The minimum Gasteiger partial charge on any atom is -0.465 e. The summed E-state index contributed by atoms with van der Waals surface area (Å²) in [6.07, 6.45) is 6.92. The highest BCUT2D eigenvalue weighted by atomic mass is 19.1. The summed E-state index contributed by atoms with van der Waals surface area (Å²) >= 11 is 0. The second-order valence-corrected chi connectivity index (χ2v) is 8.70. The van der Waals surface area contributed by atoms with Crippen LogP contribution in [0.2, 0.25) is 0 Å². The maximum absolute atomic E-state index is 13.4. The normalized spacial score (nSPS) is 20.0. The Balaban J connectivity index is 1.38. The summed E-state index contributed by atoms with van der Waals surface area (Å²) in [5.41, 5.74) is 1.79. The van der Waals surface area contributed by atoms with E-state index in [1.165, 1.54) is 23.0 Å². The summed E-state index contributed by atoms with van der Waals surface area (Å²) in [5, 5.41) is 25.6. The number of nitrogens with zero attached hydrogens (tertiary/aromatic N) is 4. The third kappa shape index (κ3) is 5.00. The molecule has 11 nitrogen and oxygen atoms in total. The first-order chi connectivity index (χ1) is 16.4. The van der Waals surface area contributed by atoms with E-state index in [-0.39, 0.29) is 23.5 Å². The molecule has 34 heavy (non-hydrogen) atoms. The molecular formula is C22H25FN8O3. The molecule has 3 heterocycles. The fraction of sp³-hybridized carbons (Fsp3) is 0.409. The first-order valence-electron chi connectivity index (χ1n) is 11.3. The fourth-order valence-corrected chi connectivity index (χ4v) is 4.19. The van der Waals surface area contributed by atoms with Gasteiger partial charge in [-0.05, 0) is 44.6 Å². The number of carboxylic acid groups (broad SMARTS) is 1. The number of rotatable bonds is 7. The molecule has 5 rings (SSSR count). The van der Waals surface area contributed by atoms with Crippen molar-refractivity contribution in [2.75, 3.05) is 16.0 Å². The summed E-state index contributed by atoms with van der Waals surface area (Å²) in [7, 11) is 0. The quantitative estimate of drug-likeness (QED) is 0.333. The van der Waals surface area contributed by atoms with Crippen LogP contribution in [0.1, 0.15) is 49.0 Å². The molecular weight excluding hydrogens is 443 g/mol. The van der Waals surface area contributed by atoms with Gasteiger partial charge in [-0.25, -0.2) is 19.3 Å². The van der Waals surface area contributed by atoms with E-state index in [0.717, 1.165) is 50.3 Å². The van der Waals surface area contributed by atoms with E-state index >= 15 is 0 Å². The van der Waals surface area contributed by atoms with Crippen molar-refractivity contribution in [1.29, 1.82) is 0 Å². The summed E-state index contributed by atoms with van der Waals surface area (Å²) in [4.78, 5) is 31.7. The second kappa shape index (κ2) is 9.12. The Morgan fingerprint density at radius 1 is 1.00 bits per heavy atom. The zero-order valence-electron chi connectivity index (χ0n) is 18.3. The van der Waals surface area contributed by atoms with E-state index in [9.17, 15) is 14.0 Å². The first-order valence-corrected chi connectivity index (χ1v) is 11.3. The third-order valence-corrected chi connectivity index (χ3v) is 6.03. The van der Waals surface area contributed by atoms with Crippen LogP contribution in [-0.4, -0.2) is 54.8 Å². The Labute approximate surface area is 194 Å². The third-order valence-electron chi connectivity index (χ3n) is 6.03. The monoisotopic (exact) mass is 468 g/mol. The van der Waals surface area contributed by atoms with E-state index in [1.807, 2.05) is 6.07 Å². The van der Waals surface area contributed by atoms with Crippen molar-refractivity contribution in [2.24, 2.45) is 0 Å². The molecule has 2 aliphatic rings. The minimum absolute atomic E-state index is 0.0416. The minimum atomic E-state index is -1.00. The Morgan fingerprint density at radius 3 is 2.41 bits per heavy atom. The van der Waals surface area contributed by atoms with Crippen molar-refractivity contribution < 1.29 is 19.1 Å². The zero-order valence-corrected chi connectivity index (χ0v) is 18.3. The molecule has 2 aliphatic carbocycles. The van der Waals surface area contributed by atoms with Crippen molar-refractivity contribution in [3.63, 3.8) is 0 Å². The Kier molecular flexibility index (Phi) is 5.86. The average Bonchev–Trinajstić information content (AvgIpc) is 3.50. The molecule has 0 bridgehead atoms. The molecule has 2 fully saturated rings. The van der Waals surface area contributed by atoms with Gasteiger partial charge in [0.05, 0.1) is 11.9 Å². The van der Waals surface area contributed by atoms with Gasteiger partial charge in [0.2, 0.25) is 5.95 Å². The topological polar surface area (TPSA) is 146 Å². The van der Waals surface area contributed by atoms with Gasteiger partial charge in [-0.2, -0.15) is 4.39 Å². The second-order valence-electron chi connectivity index (χ2n) is 8.70. The lowest BCUT2D eigenvalue weighted by Crippen LogP contribution is -2.39. The van der Waals surface area contributed by atoms with Gasteiger partial charge in [0, 0.05) is 42.1 Å². The number of anilines is 3. The highest BCUT2D eigenvalue weighted by Crippen LogP contribution is 2.30. The number of fused-ring (bicyclic) bond motifs is 1. The number of carbonyl (C=O) groups is 2. The number of halogens is 1. The van der Waals surface area contributed by atoms with Crippen LogP contribution >= 0.6 is 0 Å². The van der Waals surface area contributed by atoms with Gasteiger partial charge in [-0.1, -0.05) is 0 Å². The molecule has 0 unspecified atom stereocenters. The molecule has 178 valence electrons.